The molecule has 1 aromatic carbocycles. The van der Waals surface area contributed by atoms with E-state index in [1.165, 1.54) is 0 Å². The van der Waals surface area contributed by atoms with Crippen LogP contribution >= 0.6 is 0 Å². The number of H-pyrrole nitrogens is 1. The summed E-state index contributed by atoms with van der Waals surface area (Å²) in [4.78, 5) is 21.3. The number of fused-ring (bicyclic) bond motifs is 1. The number of likely N-dealkylation sites (N-methyl/N-ethyl adjacent to an activating group) is 1. The molecule has 0 bridgehead atoms. The average Bonchev–Trinajstić information content (AvgIpc) is 2.46. The topological polar surface area (TPSA) is 69.2 Å². The molecule has 1 atom stereocenters. The van der Waals surface area contributed by atoms with Crippen molar-refractivity contribution in [3.63, 3.8) is 0 Å². The van der Waals surface area contributed by atoms with Crippen molar-refractivity contribution in [2.75, 3.05) is 13.1 Å². The van der Waals surface area contributed by atoms with Crippen LogP contribution in [0.5, 0.6) is 0 Å². The van der Waals surface area contributed by atoms with E-state index >= 15 is 0 Å². The summed E-state index contributed by atoms with van der Waals surface area (Å²) in [6, 6.07) is 7.31. The second kappa shape index (κ2) is 6.63. The number of aliphatic hydroxyl groups excluding tert-OH is 1. The van der Waals surface area contributed by atoms with Gasteiger partial charge in [-0.3, -0.25) is 9.69 Å². The van der Waals surface area contributed by atoms with E-state index in [1.54, 1.807) is 6.07 Å². The lowest BCUT2D eigenvalue weighted by molar-refractivity contribution is 0.107. The Kier molecular flexibility index (Phi) is 4.87. The Labute approximate surface area is 118 Å². The maximum absolute atomic E-state index is 12.0. The third kappa shape index (κ3) is 3.43. The number of nitrogens with one attached hydrogen (secondary N) is 1. The van der Waals surface area contributed by atoms with Gasteiger partial charge in [-0.1, -0.05) is 26.0 Å². The molecular formula is C15H21N3O2. The third-order valence-electron chi connectivity index (χ3n) is 3.42. The lowest BCUT2D eigenvalue weighted by Crippen LogP contribution is -2.32. The molecule has 0 aliphatic rings. The molecule has 2 N–H and O–H groups in total. The Balaban J connectivity index is 2.22. The fourth-order valence-electron chi connectivity index (χ4n) is 2.15. The highest BCUT2D eigenvalue weighted by molar-refractivity contribution is 5.77. The molecule has 0 radical (unpaired) electrons. The fraction of sp³-hybridized carbons (Fsp3) is 0.467. The summed E-state index contributed by atoms with van der Waals surface area (Å²) in [5, 5.41) is 10.3. The molecule has 0 aliphatic heterocycles. The van der Waals surface area contributed by atoms with Crippen molar-refractivity contribution in [2.45, 2.75) is 32.9 Å². The van der Waals surface area contributed by atoms with E-state index in [2.05, 4.69) is 14.9 Å². The van der Waals surface area contributed by atoms with Gasteiger partial charge in [0, 0.05) is 6.54 Å². The van der Waals surface area contributed by atoms with Gasteiger partial charge in [-0.15, -0.1) is 0 Å². The molecule has 2 aromatic rings. The molecule has 0 saturated heterocycles. The summed E-state index contributed by atoms with van der Waals surface area (Å²) in [5.41, 5.74) is 0.594. The molecular weight excluding hydrogens is 254 g/mol. The Bertz CT molecular complexity index is 624. The highest BCUT2D eigenvalue weighted by Crippen LogP contribution is 2.07. The van der Waals surface area contributed by atoms with Gasteiger partial charge < -0.3 is 10.1 Å². The molecule has 0 saturated carbocycles. The molecule has 2 rings (SSSR count). The summed E-state index contributed by atoms with van der Waals surface area (Å²) in [6.45, 7) is 5.90. The molecule has 0 fully saturated rings. The van der Waals surface area contributed by atoms with Gasteiger partial charge in [-0.05, 0) is 25.1 Å². The first-order chi connectivity index (χ1) is 9.63. The molecule has 5 nitrogen and oxygen atoms in total. The second-order valence-electron chi connectivity index (χ2n) is 4.92. The number of aliphatic hydroxyl groups is 1. The Morgan fingerprint density at radius 2 is 2.10 bits per heavy atom. The van der Waals surface area contributed by atoms with Crippen LogP contribution in [-0.4, -0.2) is 39.2 Å². The van der Waals surface area contributed by atoms with Gasteiger partial charge in [0.1, 0.15) is 5.82 Å². The highest BCUT2D eigenvalue weighted by atomic mass is 16.3. The van der Waals surface area contributed by atoms with Crippen molar-refractivity contribution in [2.24, 2.45) is 0 Å². The number of aromatic nitrogens is 2. The summed E-state index contributed by atoms with van der Waals surface area (Å²) >= 11 is 0. The predicted molar refractivity (Wildman–Crippen MR) is 79.6 cm³/mol. The Morgan fingerprint density at radius 1 is 1.35 bits per heavy atom. The zero-order chi connectivity index (χ0) is 14.5. The van der Waals surface area contributed by atoms with Gasteiger partial charge in [-0.25, -0.2) is 4.98 Å². The summed E-state index contributed by atoms with van der Waals surface area (Å²) in [7, 11) is 0. The van der Waals surface area contributed by atoms with Crippen LogP contribution in [0.3, 0.4) is 0 Å². The van der Waals surface area contributed by atoms with Crippen LogP contribution in [0.15, 0.2) is 29.1 Å². The maximum Gasteiger partial charge on any atom is 0.258 e. The zero-order valence-corrected chi connectivity index (χ0v) is 12.0. The van der Waals surface area contributed by atoms with Gasteiger partial charge in [0.2, 0.25) is 0 Å². The van der Waals surface area contributed by atoms with E-state index in [4.69, 9.17) is 0 Å². The van der Waals surface area contributed by atoms with Gasteiger partial charge in [0.05, 0.1) is 23.6 Å². The van der Waals surface area contributed by atoms with E-state index in [9.17, 15) is 9.90 Å². The molecule has 20 heavy (non-hydrogen) atoms. The van der Waals surface area contributed by atoms with Crippen molar-refractivity contribution in [1.82, 2.24) is 14.9 Å². The van der Waals surface area contributed by atoms with E-state index in [-0.39, 0.29) is 11.7 Å². The molecule has 5 heteroatoms. The lowest BCUT2D eigenvalue weighted by atomic mass is 10.2. The maximum atomic E-state index is 12.0. The minimum atomic E-state index is -0.345. The first-order valence-electron chi connectivity index (χ1n) is 7.02. The average molecular weight is 275 g/mol. The van der Waals surface area contributed by atoms with Crippen molar-refractivity contribution in [3.05, 3.63) is 40.4 Å². The number of benzene rings is 1. The first-order valence-corrected chi connectivity index (χ1v) is 7.02. The monoisotopic (exact) mass is 275 g/mol. The predicted octanol–water partition coefficient (Wildman–Crippen LogP) is 1.52. The molecule has 1 aromatic heterocycles. The quantitative estimate of drug-likeness (QED) is 0.838. The molecule has 1 heterocycles. The smallest absolute Gasteiger partial charge is 0.258 e. The number of para-hydroxylation sites is 1. The lowest BCUT2D eigenvalue weighted by Gasteiger charge is -2.22. The number of rotatable bonds is 6. The largest absolute Gasteiger partial charge is 0.392 e. The van der Waals surface area contributed by atoms with Crippen LogP contribution in [0.4, 0.5) is 0 Å². The third-order valence-corrected chi connectivity index (χ3v) is 3.42. The Hall–Kier alpha value is -1.72. The molecule has 0 spiro atoms. The molecule has 0 aliphatic carbocycles. The fourth-order valence-corrected chi connectivity index (χ4v) is 2.15. The van der Waals surface area contributed by atoms with Crippen molar-refractivity contribution in [1.29, 1.82) is 0 Å². The van der Waals surface area contributed by atoms with Crippen LogP contribution in [0.25, 0.3) is 10.9 Å². The van der Waals surface area contributed by atoms with Crippen LogP contribution in [0, 0.1) is 0 Å². The van der Waals surface area contributed by atoms with E-state index in [0.717, 1.165) is 13.0 Å². The summed E-state index contributed by atoms with van der Waals surface area (Å²) in [5.74, 6) is 0.638. The van der Waals surface area contributed by atoms with Gasteiger partial charge in [0.25, 0.3) is 5.56 Å². The minimum Gasteiger partial charge on any atom is -0.392 e. The van der Waals surface area contributed by atoms with Gasteiger partial charge in [-0.2, -0.15) is 0 Å². The number of aromatic amines is 1. The highest BCUT2D eigenvalue weighted by Gasteiger charge is 2.11. The minimum absolute atomic E-state index is 0.113. The Morgan fingerprint density at radius 3 is 2.80 bits per heavy atom. The van der Waals surface area contributed by atoms with Crippen LogP contribution in [0.1, 0.15) is 26.1 Å². The zero-order valence-electron chi connectivity index (χ0n) is 12.0. The van der Waals surface area contributed by atoms with Crippen LogP contribution < -0.4 is 5.56 Å². The molecule has 1 unspecified atom stereocenters. The summed E-state index contributed by atoms with van der Waals surface area (Å²) < 4.78 is 0. The van der Waals surface area contributed by atoms with Crippen molar-refractivity contribution < 1.29 is 5.11 Å². The van der Waals surface area contributed by atoms with Crippen molar-refractivity contribution in [3.8, 4) is 0 Å². The van der Waals surface area contributed by atoms with E-state index < -0.39 is 0 Å². The first kappa shape index (κ1) is 14.7. The van der Waals surface area contributed by atoms with Crippen LogP contribution in [-0.2, 0) is 6.54 Å². The normalized spacial score (nSPS) is 13.0. The van der Waals surface area contributed by atoms with Crippen LogP contribution in [0.2, 0.25) is 0 Å². The molecule has 108 valence electrons. The number of hydrogen-bond donors (Lipinski definition) is 2. The number of nitrogens with zero attached hydrogens (tertiary/aromatic N) is 2. The van der Waals surface area contributed by atoms with Gasteiger partial charge >= 0.3 is 0 Å². The van der Waals surface area contributed by atoms with E-state index in [1.807, 2.05) is 32.0 Å². The second-order valence-corrected chi connectivity index (χ2v) is 4.92. The van der Waals surface area contributed by atoms with E-state index in [0.29, 0.717) is 29.8 Å². The molecule has 0 amide bonds. The SMILES string of the molecule is CCC(O)CN(CC)Cc1nc2ccccc2c(=O)[nH]1. The van der Waals surface area contributed by atoms with Crippen molar-refractivity contribution >= 4 is 10.9 Å². The number of hydrogen-bond acceptors (Lipinski definition) is 4. The van der Waals surface area contributed by atoms with Gasteiger partial charge in [0.15, 0.2) is 0 Å². The standard InChI is InChI=1S/C15H21N3O2/c1-3-11(19)9-18(4-2)10-14-16-13-8-6-5-7-12(13)15(20)17-14/h5-8,11,19H,3-4,9-10H2,1-2H3,(H,16,17,20). The summed E-state index contributed by atoms with van der Waals surface area (Å²) in [6.07, 6.45) is 0.375.